The maximum absolute atomic E-state index is 10.0. The first-order chi connectivity index (χ1) is 9.95. The Balaban J connectivity index is 1.68. The van der Waals surface area contributed by atoms with Gasteiger partial charge in [-0.25, -0.2) is 0 Å². The van der Waals surface area contributed by atoms with Crippen LogP contribution in [-0.2, 0) is 0 Å². The van der Waals surface area contributed by atoms with E-state index in [1.807, 2.05) is 0 Å². The van der Waals surface area contributed by atoms with Gasteiger partial charge in [-0.3, -0.25) is 0 Å². The van der Waals surface area contributed by atoms with E-state index in [4.69, 9.17) is 0 Å². The van der Waals surface area contributed by atoms with Crippen LogP contribution < -0.4 is 0 Å². The standard InChI is InChI=1S/C20H32O/c1-13-4-7-17-16-6-5-14-12-15(21)8-10-20(14,3)18(16)9-11-19(13,17)2/h5,13,15-18,21H,4,6-12H2,1-3H3/t13?,15-,16?,17?,18?,19?,20?/m0/s1. The summed E-state index contributed by atoms with van der Waals surface area (Å²) in [5.74, 6) is 3.72. The Morgan fingerprint density at radius 1 is 1.05 bits per heavy atom. The highest BCUT2D eigenvalue weighted by atomic mass is 16.3. The highest BCUT2D eigenvalue weighted by Crippen LogP contribution is 2.66. The molecule has 0 heterocycles. The van der Waals surface area contributed by atoms with Gasteiger partial charge in [0, 0.05) is 0 Å². The zero-order chi connectivity index (χ0) is 14.8. The van der Waals surface area contributed by atoms with Crippen molar-refractivity contribution in [1.29, 1.82) is 0 Å². The molecular weight excluding hydrogens is 256 g/mol. The molecule has 118 valence electrons. The molecule has 3 saturated carbocycles. The van der Waals surface area contributed by atoms with Crippen LogP contribution in [0.15, 0.2) is 11.6 Å². The van der Waals surface area contributed by atoms with Crippen molar-refractivity contribution in [3.8, 4) is 0 Å². The molecule has 4 rings (SSSR count). The number of aliphatic hydroxyl groups excluding tert-OH is 1. The lowest BCUT2D eigenvalue weighted by Crippen LogP contribution is -2.50. The van der Waals surface area contributed by atoms with Gasteiger partial charge in [0.15, 0.2) is 0 Å². The first kappa shape index (κ1) is 14.3. The summed E-state index contributed by atoms with van der Waals surface area (Å²) >= 11 is 0. The summed E-state index contributed by atoms with van der Waals surface area (Å²) in [5, 5.41) is 10.0. The molecule has 6 unspecified atom stereocenters. The zero-order valence-electron chi connectivity index (χ0n) is 14.1. The molecule has 0 radical (unpaired) electrons. The predicted octanol–water partition coefficient (Wildman–Crippen LogP) is 4.95. The fourth-order valence-corrected chi connectivity index (χ4v) is 6.90. The quantitative estimate of drug-likeness (QED) is 0.626. The van der Waals surface area contributed by atoms with Crippen molar-refractivity contribution in [1.82, 2.24) is 0 Å². The number of hydrogen-bond donors (Lipinski definition) is 1. The zero-order valence-corrected chi connectivity index (χ0v) is 14.1. The van der Waals surface area contributed by atoms with Crippen molar-refractivity contribution >= 4 is 0 Å². The fourth-order valence-electron chi connectivity index (χ4n) is 6.90. The van der Waals surface area contributed by atoms with Crippen molar-refractivity contribution in [2.75, 3.05) is 0 Å². The molecule has 21 heavy (non-hydrogen) atoms. The van der Waals surface area contributed by atoms with Gasteiger partial charge in [0.25, 0.3) is 0 Å². The second-order valence-electron chi connectivity index (χ2n) is 9.18. The number of hydrogen-bond acceptors (Lipinski definition) is 1. The van der Waals surface area contributed by atoms with Crippen LogP contribution >= 0.6 is 0 Å². The van der Waals surface area contributed by atoms with Gasteiger partial charge < -0.3 is 5.11 Å². The normalized spacial score (nSPS) is 56.2. The first-order valence-corrected chi connectivity index (χ1v) is 9.33. The molecule has 1 N–H and O–H groups in total. The van der Waals surface area contributed by atoms with Crippen molar-refractivity contribution in [3.05, 3.63) is 11.6 Å². The average molecular weight is 288 g/mol. The molecule has 4 aliphatic rings. The molecule has 7 atom stereocenters. The van der Waals surface area contributed by atoms with E-state index >= 15 is 0 Å². The van der Waals surface area contributed by atoms with Gasteiger partial charge in [0.2, 0.25) is 0 Å². The Morgan fingerprint density at radius 3 is 2.67 bits per heavy atom. The maximum atomic E-state index is 10.0. The molecule has 0 spiro atoms. The Kier molecular flexibility index (Phi) is 3.13. The molecule has 0 aromatic heterocycles. The molecule has 0 bridgehead atoms. The molecule has 4 aliphatic carbocycles. The van der Waals surface area contributed by atoms with Crippen molar-refractivity contribution in [3.63, 3.8) is 0 Å². The summed E-state index contributed by atoms with van der Waals surface area (Å²) in [6.45, 7) is 7.63. The van der Waals surface area contributed by atoms with E-state index in [9.17, 15) is 5.11 Å². The molecule has 0 aromatic carbocycles. The number of allylic oxidation sites excluding steroid dienone is 1. The predicted molar refractivity (Wildman–Crippen MR) is 86.9 cm³/mol. The Bertz CT molecular complexity index is 466. The summed E-state index contributed by atoms with van der Waals surface area (Å²) < 4.78 is 0. The third-order valence-corrected chi connectivity index (χ3v) is 8.55. The van der Waals surface area contributed by atoms with Crippen molar-refractivity contribution in [2.45, 2.75) is 78.2 Å². The summed E-state index contributed by atoms with van der Waals surface area (Å²) in [5.41, 5.74) is 2.64. The second kappa shape index (κ2) is 4.60. The highest BCUT2D eigenvalue weighted by Gasteiger charge is 2.57. The van der Waals surface area contributed by atoms with Gasteiger partial charge in [-0.05, 0) is 85.9 Å². The van der Waals surface area contributed by atoms with Gasteiger partial charge in [-0.1, -0.05) is 32.4 Å². The molecule has 0 saturated heterocycles. The number of aliphatic hydroxyl groups is 1. The maximum Gasteiger partial charge on any atom is 0.0577 e. The monoisotopic (exact) mass is 288 g/mol. The minimum absolute atomic E-state index is 0.0683. The summed E-state index contributed by atoms with van der Waals surface area (Å²) in [6.07, 6.45) is 12.8. The van der Waals surface area contributed by atoms with Crippen LogP contribution in [0, 0.1) is 34.5 Å². The minimum atomic E-state index is -0.0683. The summed E-state index contributed by atoms with van der Waals surface area (Å²) in [6, 6.07) is 0. The average Bonchev–Trinajstić information content (AvgIpc) is 2.76. The van der Waals surface area contributed by atoms with Gasteiger partial charge >= 0.3 is 0 Å². The van der Waals surface area contributed by atoms with E-state index in [0.29, 0.717) is 10.8 Å². The van der Waals surface area contributed by atoms with Gasteiger partial charge in [-0.2, -0.15) is 0 Å². The van der Waals surface area contributed by atoms with Crippen LogP contribution in [0.3, 0.4) is 0 Å². The fraction of sp³-hybridized carbons (Fsp3) is 0.900. The minimum Gasteiger partial charge on any atom is -0.393 e. The van der Waals surface area contributed by atoms with Crippen LogP contribution in [0.25, 0.3) is 0 Å². The van der Waals surface area contributed by atoms with Crippen LogP contribution in [0.2, 0.25) is 0 Å². The molecule has 0 amide bonds. The van der Waals surface area contributed by atoms with Crippen LogP contribution in [0.1, 0.15) is 72.1 Å². The number of fused-ring (bicyclic) bond motifs is 5. The Labute approximate surface area is 130 Å². The van der Waals surface area contributed by atoms with Crippen LogP contribution in [-0.4, -0.2) is 11.2 Å². The van der Waals surface area contributed by atoms with Crippen LogP contribution in [0.5, 0.6) is 0 Å². The molecule has 1 heteroatoms. The third kappa shape index (κ3) is 1.85. The van der Waals surface area contributed by atoms with Crippen molar-refractivity contribution in [2.24, 2.45) is 34.5 Å². The molecule has 3 fully saturated rings. The van der Waals surface area contributed by atoms with E-state index in [1.165, 1.54) is 38.5 Å². The second-order valence-corrected chi connectivity index (χ2v) is 9.18. The molecule has 0 aliphatic heterocycles. The highest BCUT2D eigenvalue weighted by molar-refractivity contribution is 5.25. The largest absolute Gasteiger partial charge is 0.393 e. The lowest BCUT2D eigenvalue weighted by Gasteiger charge is -2.58. The SMILES string of the molecule is CC1CCC2C3CC=C4C[C@@H](O)CCC4(C)C3CCC12C. The molecule has 0 aromatic rings. The van der Waals surface area contributed by atoms with E-state index in [-0.39, 0.29) is 6.10 Å². The van der Waals surface area contributed by atoms with Crippen molar-refractivity contribution < 1.29 is 5.11 Å². The van der Waals surface area contributed by atoms with Gasteiger partial charge in [0.05, 0.1) is 6.10 Å². The van der Waals surface area contributed by atoms with Gasteiger partial charge in [0.1, 0.15) is 0 Å². The molecular formula is C20H32O. The first-order valence-electron chi connectivity index (χ1n) is 9.33. The van der Waals surface area contributed by atoms with E-state index in [2.05, 4.69) is 26.8 Å². The van der Waals surface area contributed by atoms with E-state index in [1.54, 1.807) is 5.57 Å². The van der Waals surface area contributed by atoms with Crippen LogP contribution in [0.4, 0.5) is 0 Å². The smallest absolute Gasteiger partial charge is 0.0577 e. The number of rotatable bonds is 0. The van der Waals surface area contributed by atoms with E-state index in [0.717, 1.165) is 36.5 Å². The topological polar surface area (TPSA) is 20.2 Å². The summed E-state index contributed by atoms with van der Waals surface area (Å²) in [4.78, 5) is 0. The van der Waals surface area contributed by atoms with E-state index < -0.39 is 0 Å². The lowest BCUT2D eigenvalue weighted by molar-refractivity contribution is -0.0474. The lowest BCUT2D eigenvalue weighted by atomic mass is 9.47. The third-order valence-electron chi connectivity index (χ3n) is 8.55. The molecule has 1 nitrogen and oxygen atoms in total. The Morgan fingerprint density at radius 2 is 1.86 bits per heavy atom. The van der Waals surface area contributed by atoms with Gasteiger partial charge in [-0.15, -0.1) is 0 Å². The Hall–Kier alpha value is -0.300. The summed E-state index contributed by atoms with van der Waals surface area (Å²) in [7, 11) is 0.